The molecule has 0 aliphatic heterocycles. The van der Waals surface area contributed by atoms with Crippen LogP contribution in [-0.4, -0.2) is 11.1 Å². The normalized spacial score (nSPS) is 10.0. The first-order valence-electron chi connectivity index (χ1n) is 5.23. The Bertz CT molecular complexity index is 582. The van der Waals surface area contributed by atoms with E-state index in [0.29, 0.717) is 5.75 Å². The average molecular weight is 244 g/mol. The lowest BCUT2D eigenvalue weighted by Crippen LogP contribution is -2.05. The second-order valence-corrected chi connectivity index (χ2v) is 3.67. The second kappa shape index (κ2) is 4.67. The molecule has 0 saturated heterocycles. The van der Waals surface area contributed by atoms with Crippen molar-refractivity contribution in [3.05, 3.63) is 48.0 Å². The number of nitrogen functional groups attached to an aromatic ring is 2. The van der Waals surface area contributed by atoms with Gasteiger partial charge in [0.2, 0.25) is 0 Å². The molecule has 0 saturated carbocycles. The molecule has 0 fully saturated rings. The molecule has 0 aliphatic rings. The van der Waals surface area contributed by atoms with E-state index in [0.717, 1.165) is 0 Å². The van der Waals surface area contributed by atoms with Crippen LogP contribution in [0.25, 0.3) is 0 Å². The van der Waals surface area contributed by atoms with Crippen LogP contribution < -0.4 is 16.2 Å². The number of ether oxygens (including phenoxy) is 1. The Balaban J connectivity index is 2.48. The molecule has 5 N–H and O–H groups in total. The molecule has 2 aromatic carbocycles. The van der Waals surface area contributed by atoms with Gasteiger partial charge in [-0.25, -0.2) is 4.79 Å². The van der Waals surface area contributed by atoms with Crippen molar-refractivity contribution in [3.8, 4) is 11.5 Å². The maximum atomic E-state index is 11.1. The summed E-state index contributed by atoms with van der Waals surface area (Å²) in [6.07, 6.45) is 0. The smallest absolute Gasteiger partial charge is 0.339 e. The Hall–Kier alpha value is -2.69. The lowest BCUT2D eigenvalue weighted by atomic mass is 10.1. The van der Waals surface area contributed by atoms with Crippen LogP contribution in [0.1, 0.15) is 10.4 Å². The van der Waals surface area contributed by atoms with Gasteiger partial charge in [0.05, 0.1) is 11.4 Å². The van der Waals surface area contributed by atoms with Crippen LogP contribution in [0, 0.1) is 0 Å². The number of carboxylic acids is 1. The summed E-state index contributed by atoms with van der Waals surface area (Å²) >= 11 is 0. The van der Waals surface area contributed by atoms with Crippen molar-refractivity contribution < 1.29 is 14.6 Å². The Kier molecular flexibility index (Phi) is 3.05. The Morgan fingerprint density at radius 3 is 2.33 bits per heavy atom. The van der Waals surface area contributed by atoms with Crippen molar-refractivity contribution in [2.45, 2.75) is 0 Å². The highest BCUT2D eigenvalue weighted by Crippen LogP contribution is 2.35. The highest BCUT2D eigenvalue weighted by atomic mass is 16.5. The van der Waals surface area contributed by atoms with Crippen LogP contribution in [0.4, 0.5) is 11.4 Å². The fraction of sp³-hybridized carbons (Fsp3) is 0. The lowest BCUT2D eigenvalue weighted by molar-refractivity contribution is 0.0694. The maximum Gasteiger partial charge on any atom is 0.339 e. The molecule has 0 aliphatic carbocycles. The summed E-state index contributed by atoms with van der Waals surface area (Å²) < 4.78 is 5.50. The van der Waals surface area contributed by atoms with Crippen LogP contribution in [0.3, 0.4) is 0 Å². The number of aromatic carboxylic acids is 1. The summed E-state index contributed by atoms with van der Waals surface area (Å²) in [5.74, 6) is -0.557. The molecule has 2 rings (SSSR count). The van der Waals surface area contributed by atoms with E-state index in [1.165, 1.54) is 12.1 Å². The van der Waals surface area contributed by atoms with Gasteiger partial charge in [-0.15, -0.1) is 0 Å². The van der Waals surface area contributed by atoms with Gasteiger partial charge in [-0.3, -0.25) is 0 Å². The number of anilines is 2. The van der Waals surface area contributed by atoms with Crippen molar-refractivity contribution in [3.63, 3.8) is 0 Å². The van der Waals surface area contributed by atoms with E-state index in [2.05, 4.69) is 0 Å². The highest BCUT2D eigenvalue weighted by molar-refractivity contribution is 5.95. The predicted molar refractivity (Wildman–Crippen MR) is 68.7 cm³/mol. The van der Waals surface area contributed by atoms with Gasteiger partial charge < -0.3 is 21.3 Å². The van der Waals surface area contributed by atoms with Crippen molar-refractivity contribution in [2.24, 2.45) is 0 Å². The van der Waals surface area contributed by atoms with Gasteiger partial charge >= 0.3 is 5.97 Å². The number of rotatable bonds is 3. The minimum atomic E-state index is -1.12. The van der Waals surface area contributed by atoms with Crippen LogP contribution >= 0.6 is 0 Å². The summed E-state index contributed by atoms with van der Waals surface area (Å²) in [6.45, 7) is 0. The molecule has 2 aromatic rings. The van der Waals surface area contributed by atoms with E-state index in [9.17, 15) is 4.79 Å². The molecule has 0 atom stereocenters. The van der Waals surface area contributed by atoms with Gasteiger partial charge in [-0.05, 0) is 24.3 Å². The molecule has 92 valence electrons. The van der Waals surface area contributed by atoms with Gasteiger partial charge in [0.1, 0.15) is 11.3 Å². The first-order chi connectivity index (χ1) is 8.59. The number of nitrogens with two attached hydrogens (primary N) is 2. The first-order valence-corrected chi connectivity index (χ1v) is 5.23. The van der Waals surface area contributed by atoms with Gasteiger partial charge in [0, 0.05) is 0 Å². The number of hydrogen-bond donors (Lipinski definition) is 3. The van der Waals surface area contributed by atoms with Crippen LogP contribution in [0.2, 0.25) is 0 Å². The van der Waals surface area contributed by atoms with Crippen molar-refractivity contribution >= 4 is 17.3 Å². The largest absolute Gasteiger partial charge is 0.478 e. The Labute approximate surface area is 104 Å². The average Bonchev–Trinajstić information content (AvgIpc) is 2.36. The molecule has 18 heavy (non-hydrogen) atoms. The topological polar surface area (TPSA) is 98.6 Å². The lowest BCUT2D eigenvalue weighted by Gasteiger charge is -2.12. The molecular weight excluding hydrogens is 232 g/mol. The van der Waals surface area contributed by atoms with E-state index < -0.39 is 5.97 Å². The van der Waals surface area contributed by atoms with E-state index in [4.69, 9.17) is 21.3 Å². The number of benzene rings is 2. The molecule has 0 amide bonds. The molecular formula is C13H12N2O3. The molecule has 0 spiro atoms. The Morgan fingerprint density at radius 1 is 1.06 bits per heavy atom. The summed E-state index contributed by atoms with van der Waals surface area (Å²) in [6, 6.07) is 11.6. The van der Waals surface area contributed by atoms with Crippen LogP contribution in [-0.2, 0) is 0 Å². The van der Waals surface area contributed by atoms with Crippen molar-refractivity contribution in [2.75, 3.05) is 11.5 Å². The molecule has 0 heterocycles. The summed E-state index contributed by atoms with van der Waals surface area (Å²) in [5.41, 5.74) is 11.8. The minimum absolute atomic E-state index is 0.0226. The molecule has 0 radical (unpaired) electrons. The molecule has 0 unspecified atom stereocenters. The summed E-state index contributed by atoms with van der Waals surface area (Å²) in [5, 5.41) is 9.08. The van der Waals surface area contributed by atoms with E-state index in [1.807, 2.05) is 6.07 Å². The fourth-order valence-corrected chi connectivity index (χ4v) is 1.50. The number of hydrogen-bond acceptors (Lipinski definition) is 4. The maximum absolute atomic E-state index is 11.1. The number of carbonyl (C=O) groups is 1. The SMILES string of the molecule is Nc1ccc(C(=O)O)c(Oc2ccccc2)c1N. The zero-order chi connectivity index (χ0) is 13.1. The fourth-order valence-electron chi connectivity index (χ4n) is 1.50. The van der Waals surface area contributed by atoms with Crippen LogP contribution in [0.15, 0.2) is 42.5 Å². The molecule has 5 nitrogen and oxygen atoms in total. The van der Waals surface area contributed by atoms with Gasteiger partial charge in [-0.1, -0.05) is 18.2 Å². The third-order valence-corrected chi connectivity index (χ3v) is 2.42. The van der Waals surface area contributed by atoms with Crippen LogP contribution in [0.5, 0.6) is 11.5 Å². The zero-order valence-corrected chi connectivity index (χ0v) is 9.46. The summed E-state index contributed by atoms with van der Waals surface area (Å²) in [4.78, 5) is 11.1. The highest BCUT2D eigenvalue weighted by Gasteiger charge is 2.17. The van der Waals surface area contributed by atoms with E-state index in [1.54, 1.807) is 24.3 Å². The third-order valence-electron chi connectivity index (χ3n) is 2.42. The van der Waals surface area contributed by atoms with Gasteiger partial charge in [-0.2, -0.15) is 0 Å². The number of para-hydroxylation sites is 1. The quantitative estimate of drug-likeness (QED) is 0.720. The third kappa shape index (κ3) is 2.20. The van der Waals surface area contributed by atoms with E-state index in [-0.39, 0.29) is 22.7 Å². The van der Waals surface area contributed by atoms with E-state index >= 15 is 0 Å². The first kappa shape index (κ1) is 11.8. The zero-order valence-electron chi connectivity index (χ0n) is 9.46. The van der Waals surface area contributed by atoms with Crippen molar-refractivity contribution in [1.82, 2.24) is 0 Å². The predicted octanol–water partition coefficient (Wildman–Crippen LogP) is 2.34. The minimum Gasteiger partial charge on any atom is -0.478 e. The second-order valence-electron chi connectivity index (χ2n) is 3.67. The standard InChI is InChI=1S/C13H12N2O3/c14-10-7-6-9(13(16)17)12(11(10)15)18-8-4-2-1-3-5-8/h1-7H,14-15H2,(H,16,17). The van der Waals surface area contributed by atoms with Crippen molar-refractivity contribution in [1.29, 1.82) is 0 Å². The number of carboxylic acid groups (broad SMARTS) is 1. The van der Waals surface area contributed by atoms with Gasteiger partial charge in [0.25, 0.3) is 0 Å². The molecule has 5 heteroatoms. The Morgan fingerprint density at radius 2 is 1.72 bits per heavy atom. The summed E-state index contributed by atoms with van der Waals surface area (Å²) in [7, 11) is 0. The molecule has 0 bridgehead atoms. The molecule has 0 aromatic heterocycles. The monoisotopic (exact) mass is 244 g/mol. The van der Waals surface area contributed by atoms with Gasteiger partial charge in [0.15, 0.2) is 5.75 Å².